The molecule has 1 saturated carbocycles. The molecular formula is C15H26N2O2S2. The molecule has 6 heteroatoms. The minimum atomic E-state index is -3.39. The maximum absolute atomic E-state index is 12.6. The van der Waals surface area contributed by atoms with Gasteiger partial charge in [0.2, 0.25) is 10.0 Å². The van der Waals surface area contributed by atoms with E-state index in [1.165, 1.54) is 6.42 Å². The average Bonchev–Trinajstić information content (AvgIpc) is 2.78. The second-order valence-corrected chi connectivity index (χ2v) is 9.03. The summed E-state index contributed by atoms with van der Waals surface area (Å²) >= 11 is 1.56. The largest absolute Gasteiger partial charge is 0.312 e. The maximum Gasteiger partial charge on any atom is 0.241 e. The third-order valence-electron chi connectivity index (χ3n) is 4.02. The molecule has 2 unspecified atom stereocenters. The molecule has 0 aromatic carbocycles. The molecule has 1 heterocycles. The highest BCUT2D eigenvalue weighted by molar-refractivity contribution is 7.89. The van der Waals surface area contributed by atoms with Crippen molar-refractivity contribution in [1.82, 2.24) is 10.0 Å². The summed E-state index contributed by atoms with van der Waals surface area (Å²) in [7, 11) is -3.39. The van der Waals surface area contributed by atoms with E-state index in [1.807, 2.05) is 19.9 Å². The fourth-order valence-corrected chi connectivity index (χ4v) is 5.84. The minimum Gasteiger partial charge on any atom is -0.312 e. The first-order valence-electron chi connectivity index (χ1n) is 7.74. The summed E-state index contributed by atoms with van der Waals surface area (Å²) < 4.78 is 28.1. The van der Waals surface area contributed by atoms with E-state index in [4.69, 9.17) is 0 Å². The smallest absolute Gasteiger partial charge is 0.241 e. The number of sulfonamides is 1. The van der Waals surface area contributed by atoms with Gasteiger partial charge in [0.25, 0.3) is 0 Å². The molecule has 4 nitrogen and oxygen atoms in total. The second-order valence-electron chi connectivity index (χ2n) is 6.00. The number of hydrogen-bond donors (Lipinski definition) is 2. The molecule has 120 valence electrons. The van der Waals surface area contributed by atoms with Gasteiger partial charge in [0.15, 0.2) is 0 Å². The van der Waals surface area contributed by atoms with Crippen LogP contribution in [0.4, 0.5) is 0 Å². The van der Waals surface area contributed by atoms with Gasteiger partial charge in [-0.25, -0.2) is 13.1 Å². The first-order chi connectivity index (χ1) is 9.92. The van der Waals surface area contributed by atoms with E-state index < -0.39 is 10.0 Å². The minimum absolute atomic E-state index is 0.0928. The Bertz CT molecular complexity index is 566. The summed E-state index contributed by atoms with van der Waals surface area (Å²) in [6.07, 6.45) is 4.23. The van der Waals surface area contributed by atoms with Crippen molar-refractivity contribution in [3.05, 3.63) is 15.8 Å². The highest BCUT2D eigenvalue weighted by atomic mass is 32.2. The average molecular weight is 331 g/mol. The lowest BCUT2D eigenvalue weighted by Gasteiger charge is -2.27. The van der Waals surface area contributed by atoms with Crippen molar-refractivity contribution in [2.24, 2.45) is 5.92 Å². The summed E-state index contributed by atoms with van der Waals surface area (Å²) in [4.78, 5) is 2.41. The number of aryl methyl sites for hydroxylation is 1. The Balaban J connectivity index is 2.09. The zero-order chi connectivity index (χ0) is 15.5. The van der Waals surface area contributed by atoms with Crippen LogP contribution in [0.3, 0.4) is 0 Å². The molecule has 0 radical (unpaired) electrons. The Kier molecular flexibility index (Phi) is 5.82. The van der Waals surface area contributed by atoms with Crippen molar-refractivity contribution in [2.75, 3.05) is 6.54 Å². The Hall–Kier alpha value is -0.430. The van der Waals surface area contributed by atoms with Gasteiger partial charge in [0.1, 0.15) is 0 Å². The summed E-state index contributed by atoms with van der Waals surface area (Å²) in [6.45, 7) is 7.75. The third kappa shape index (κ3) is 4.52. The van der Waals surface area contributed by atoms with E-state index in [1.54, 1.807) is 11.3 Å². The maximum atomic E-state index is 12.6. The number of thiophene rings is 1. The van der Waals surface area contributed by atoms with Crippen LogP contribution in [0.25, 0.3) is 0 Å². The molecule has 21 heavy (non-hydrogen) atoms. The van der Waals surface area contributed by atoms with Crippen molar-refractivity contribution in [2.45, 2.75) is 63.9 Å². The first kappa shape index (κ1) is 16.9. The Morgan fingerprint density at radius 3 is 2.81 bits per heavy atom. The zero-order valence-electron chi connectivity index (χ0n) is 13.1. The van der Waals surface area contributed by atoms with Gasteiger partial charge in [-0.3, -0.25) is 0 Å². The van der Waals surface area contributed by atoms with E-state index >= 15 is 0 Å². The molecule has 0 bridgehead atoms. The molecule has 1 aromatic rings. The third-order valence-corrected chi connectivity index (χ3v) is 6.85. The van der Waals surface area contributed by atoms with Crippen LogP contribution in [0.15, 0.2) is 11.0 Å². The highest BCUT2D eigenvalue weighted by Gasteiger charge is 2.26. The quantitative estimate of drug-likeness (QED) is 0.843. The van der Waals surface area contributed by atoms with Crippen LogP contribution in [0, 0.1) is 12.8 Å². The molecule has 1 aliphatic carbocycles. The van der Waals surface area contributed by atoms with Gasteiger partial charge in [-0.1, -0.05) is 26.7 Å². The summed E-state index contributed by atoms with van der Waals surface area (Å²) in [5.41, 5.74) is 0. The van der Waals surface area contributed by atoms with E-state index in [9.17, 15) is 8.42 Å². The fraction of sp³-hybridized carbons (Fsp3) is 0.733. The monoisotopic (exact) mass is 330 g/mol. The molecule has 0 aliphatic heterocycles. The lowest BCUT2D eigenvalue weighted by molar-refractivity contribution is 0.327. The molecule has 2 rings (SSSR count). The molecule has 1 fully saturated rings. The van der Waals surface area contributed by atoms with Crippen LogP contribution < -0.4 is 10.0 Å². The van der Waals surface area contributed by atoms with E-state index in [-0.39, 0.29) is 6.04 Å². The highest BCUT2D eigenvalue weighted by Crippen LogP contribution is 2.28. The number of rotatable bonds is 6. The Labute approximate surface area is 132 Å². The van der Waals surface area contributed by atoms with Crippen molar-refractivity contribution in [3.8, 4) is 0 Å². The van der Waals surface area contributed by atoms with Crippen LogP contribution in [0.1, 0.15) is 49.3 Å². The zero-order valence-corrected chi connectivity index (χ0v) is 14.7. The standard InChI is InChI=1S/C15H26N2O2S2/c1-4-16-10-14-9-15(12(3)20-14)21(18,19)17-13-7-5-6-11(2)8-13/h9,11,13,16-17H,4-8,10H2,1-3H3. The fourth-order valence-electron chi connectivity index (χ4n) is 2.95. The lowest BCUT2D eigenvalue weighted by Crippen LogP contribution is -2.38. The van der Waals surface area contributed by atoms with Gasteiger partial charge in [-0.05, 0) is 38.3 Å². The predicted octanol–water partition coefficient (Wildman–Crippen LogP) is 3.02. The second kappa shape index (κ2) is 7.22. The number of nitrogens with one attached hydrogen (secondary N) is 2. The van der Waals surface area contributed by atoms with Crippen LogP contribution >= 0.6 is 11.3 Å². The van der Waals surface area contributed by atoms with Gasteiger partial charge in [0, 0.05) is 22.3 Å². The van der Waals surface area contributed by atoms with Crippen LogP contribution in [0.2, 0.25) is 0 Å². The van der Waals surface area contributed by atoms with E-state index in [0.717, 1.165) is 42.1 Å². The van der Waals surface area contributed by atoms with Crippen LogP contribution in [-0.4, -0.2) is 21.0 Å². The molecule has 2 atom stereocenters. The summed E-state index contributed by atoms with van der Waals surface area (Å²) in [5.74, 6) is 0.610. The summed E-state index contributed by atoms with van der Waals surface area (Å²) in [6, 6.07) is 1.91. The lowest BCUT2D eigenvalue weighted by atomic mass is 9.88. The van der Waals surface area contributed by atoms with E-state index in [2.05, 4.69) is 17.0 Å². The van der Waals surface area contributed by atoms with Crippen molar-refractivity contribution in [1.29, 1.82) is 0 Å². The van der Waals surface area contributed by atoms with Crippen LogP contribution in [0.5, 0.6) is 0 Å². The first-order valence-corrected chi connectivity index (χ1v) is 10.0. The molecule has 0 spiro atoms. The molecular weight excluding hydrogens is 304 g/mol. The van der Waals surface area contributed by atoms with Gasteiger partial charge in [0.05, 0.1) is 4.90 Å². The van der Waals surface area contributed by atoms with Crippen molar-refractivity contribution >= 4 is 21.4 Å². The van der Waals surface area contributed by atoms with Crippen molar-refractivity contribution < 1.29 is 8.42 Å². The SMILES string of the molecule is CCNCc1cc(S(=O)(=O)NC2CCCC(C)C2)c(C)s1. The van der Waals surface area contributed by atoms with Gasteiger partial charge < -0.3 is 5.32 Å². The van der Waals surface area contributed by atoms with E-state index in [0.29, 0.717) is 10.8 Å². The van der Waals surface area contributed by atoms with Crippen molar-refractivity contribution in [3.63, 3.8) is 0 Å². The molecule has 1 aromatic heterocycles. The van der Waals surface area contributed by atoms with Crippen LogP contribution in [-0.2, 0) is 16.6 Å². The number of hydrogen-bond acceptors (Lipinski definition) is 4. The topological polar surface area (TPSA) is 58.2 Å². The van der Waals surface area contributed by atoms with Gasteiger partial charge >= 0.3 is 0 Å². The predicted molar refractivity (Wildman–Crippen MR) is 88.2 cm³/mol. The molecule has 2 N–H and O–H groups in total. The molecule has 0 saturated heterocycles. The Morgan fingerprint density at radius 2 is 2.14 bits per heavy atom. The normalized spacial score (nSPS) is 23.4. The molecule has 0 amide bonds. The molecule has 1 aliphatic rings. The van der Waals surface area contributed by atoms with Gasteiger partial charge in [-0.2, -0.15) is 0 Å². The Morgan fingerprint density at radius 1 is 1.38 bits per heavy atom. The van der Waals surface area contributed by atoms with Gasteiger partial charge in [-0.15, -0.1) is 11.3 Å². The summed E-state index contributed by atoms with van der Waals surface area (Å²) in [5, 5.41) is 3.24.